The van der Waals surface area contributed by atoms with E-state index in [0.717, 1.165) is 77.9 Å². The molecule has 3 aliphatic rings. The normalized spacial score (nSPS) is 28.4. The fraction of sp³-hybridized carbons (Fsp3) is 0.941. The maximum absolute atomic E-state index is 5.91. The third-order valence-electron chi connectivity index (χ3n) is 5.26. The molecule has 3 rings (SSSR count). The Labute approximate surface area is 162 Å². The first-order valence-electron chi connectivity index (χ1n) is 9.04. The van der Waals surface area contributed by atoms with E-state index in [1.807, 2.05) is 7.05 Å². The van der Waals surface area contributed by atoms with E-state index in [0.29, 0.717) is 11.5 Å². The van der Waals surface area contributed by atoms with Crippen molar-refractivity contribution in [1.29, 1.82) is 0 Å². The molecule has 3 saturated heterocycles. The summed E-state index contributed by atoms with van der Waals surface area (Å²) in [5.74, 6) is 1.03. The summed E-state index contributed by atoms with van der Waals surface area (Å²) < 4.78 is 16.9. The summed E-state index contributed by atoms with van der Waals surface area (Å²) in [7, 11) is 1.87. The lowest BCUT2D eigenvalue weighted by Gasteiger charge is -2.25. The maximum Gasteiger partial charge on any atom is 0.193 e. The Hall–Kier alpha value is -0.120. The highest BCUT2D eigenvalue weighted by molar-refractivity contribution is 14.0. The lowest BCUT2D eigenvalue weighted by molar-refractivity contribution is -0.0320. The van der Waals surface area contributed by atoms with Gasteiger partial charge in [0.15, 0.2) is 5.96 Å². The molecule has 0 saturated carbocycles. The van der Waals surface area contributed by atoms with Crippen LogP contribution in [0.4, 0.5) is 0 Å². The molecule has 1 N–H and O–H groups in total. The number of nitrogens with one attached hydrogen (secondary N) is 1. The standard InChI is InChI=1S/C17H31N3O3.HI/c1-18-16(20-8-5-17(13-20)6-12-22-14-17)19-7-2-9-23-15-3-10-21-11-4-15;/h15H,2-14H2,1H3,(H,18,19);1H. The van der Waals surface area contributed by atoms with E-state index in [9.17, 15) is 0 Å². The minimum absolute atomic E-state index is 0. The van der Waals surface area contributed by atoms with Crippen LogP contribution in [-0.4, -0.2) is 76.7 Å². The van der Waals surface area contributed by atoms with Gasteiger partial charge in [0.2, 0.25) is 0 Å². The maximum atomic E-state index is 5.91. The van der Waals surface area contributed by atoms with E-state index in [-0.39, 0.29) is 24.0 Å². The first-order valence-corrected chi connectivity index (χ1v) is 9.04. The summed E-state index contributed by atoms with van der Waals surface area (Å²) in [5, 5.41) is 3.49. The second kappa shape index (κ2) is 10.1. The fourth-order valence-electron chi connectivity index (χ4n) is 3.78. The van der Waals surface area contributed by atoms with Crippen LogP contribution >= 0.6 is 24.0 Å². The Balaban J connectivity index is 0.00000208. The molecule has 0 bridgehead atoms. The number of rotatable bonds is 5. The quantitative estimate of drug-likeness (QED) is 0.298. The van der Waals surface area contributed by atoms with E-state index >= 15 is 0 Å². The molecule has 0 amide bonds. The molecule has 0 radical (unpaired) electrons. The number of aliphatic imine (C=N–C) groups is 1. The number of ether oxygens (including phenoxy) is 3. The van der Waals surface area contributed by atoms with Crippen molar-refractivity contribution >= 4 is 29.9 Å². The topological polar surface area (TPSA) is 55.3 Å². The predicted octanol–water partition coefficient (Wildman–Crippen LogP) is 1.88. The average molecular weight is 453 g/mol. The molecule has 7 heteroatoms. The van der Waals surface area contributed by atoms with Gasteiger partial charge < -0.3 is 24.4 Å². The second-order valence-electron chi connectivity index (χ2n) is 6.98. The summed E-state index contributed by atoms with van der Waals surface area (Å²) in [5.41, 5.74) is 0.379. The third kappa shape index (κ3) is 5.44. The van der Waals surface area contributed by atoms with Crippen LogP contribution in [0.2, 0.25) is 0 Å². The average Bonchev–Trinajstić information content (AvgIpc) is 3.22. The summed E-state index contributed by atoms with van der Waals surface area (Å²) >= 11 is 0. The van der Waals surface area contributed by atoms with Crippen molar-refractivity contribution in [3.8, 4) is 0 Å². The molecule has 0 aromatic carbocycles. The predicted molar refractivity (Wildman–Crippen MR) is 105 cm³/mol. The molecule has 0 aliphatic carbocycles. The second-order valence-corrected chi connectivity index (χ2v) is 6.98. The van der Waals surface area contributed by atoms with Crippen LogP contribution in [-0.2, 0) is 14.2 Å². The number of nitrogens with zero attached hydrogens (tertiary/aromatic N) is 2. The highest BCUT2D eigenvalue weighted by atomic mass is 127. The number of guanidine groups is 1. The highest BCUT2D eigenvalue weighted by Crippen LogP contribution is 2.38. The van der Waals surface area contributed by atoms with Crippen molar-refractivity contribution in [1.82, 2.24) is 10.2 Å². The van der Waals surface area contributed by atoms with Crippen LogP contribution in [0.3, 0.4) is 0 Å². The Bertz CT molecular complexity index is 397. The van der Waals surface area contributed by atoms with Gasteiger partial charge >= 0.3 is 0 Å². The molecule has 3 aliphatic heterocycles. The van der Waals surface area contributed by atoms with E-state index in [4.69, 9.17) is 14.2 Å². The van der Waals surface area contributed by atoms with E-state index in [1.54, 1.807) is 0 Å². The number of hydrogen-bond acceptors (Lipinski definition) is 4. The van der Waals surface area contributed by atoms with Gasteiger partial charge in [0, 0.05) is 58.5 Å². The van der Waals surface area contributed by atoms with Crippen molar-refractivity contribution in [2.24, 2.45) is 10.4 Å². The first kappa shape index (κ1) is 20.2. The molecule has 6 nitrogen and oxygen atoms in total. The summed E-state index contributed by atoms with van der Waals surface area (Å²) in [4.78, 5) is 6.83. The molecule has 0 aromatic rings. The molecule has 3 heterocycles. The van der Waals surface area contributed by atoms with Crippen molar-refractivity contribution < 1.29 is 14.2 Å². The van der Waals surface area contributed by atoms with Gasteiger partial charge in [-0.3, -0.25) is 4.99 Å². The lowest BCUT2D eigenvalue weighted by atomic mass is 9.87. The molecule has 140 valence electrons. The number of likely N-dealkylation sites (tertiary alicyclic amines) is 1. The van der Waals surface area contributed by atoms with E-state index in [1.165, 1.54) is 12.8 Å². The van der Waals surface area contributed by atoms with Gasteiger partial charge in [0.1, 0.15) is 0 Å². The van der Waals surface area contributed by atoms with Crippen LogP contribution in [0.5, 0.6) is 0 Å². The first-order chi connectivity index (χ1) is 11.3. The number of halogens is 1. The number of hydrogen-bond donors (Lipinski definition) is 1. The van der Waals surface area contributed by atoms with Gasteiger partial charge in [-0.2, -0.15) is 0 Å². The minimum atomic E-state index is 0. The largest absolute Gasteiger partial charge is 0.381 e. The van der Waals surface area contributed by atoms with Gasteiger partial charge in [-0.05, 0) is 32.1 Å². The van der Waals surface area contributed by atoms with Gasteiger partial charge in [0.05, 0.1) is 12.7 Å². The Morgan fingerprint density at radius 3 is 2.79 bits per heavy atom. The van der Waals surface area contributed by atoms with Crippen LogP contribution in [0.25, 0.3) is 0 Å². The molecule has 0 aromatic heterocycles. The molecule has 1 atom stereocenters. The van der Waals surface area contributed by atoms with Gasteiger partial charge in [-0.25, -0.2) is 0 Å². The zero-order valence-corrected chi connectivity index (χ0v) is 17.1. The van der Waals surface area contributed by atoms with Gasteiger partial charge in [-0.1, -0.05) is 0 Å². The van der Waals surface area contributed by atoms with Crippen LogP contribution in [0.15, 0.2) is 4.99 Å². The van der Waals surface area contributed by atoms with Crippen molar-refractivity contribution in [2.45, 2.75) is 38.2 Å². The molecular formula is C17H32IN3O3. The minimum Gasteiger partial charge on any atom is -0.381 e. The van der Waals surface area contributed by atoms with E-state index in [2.05, 4.69) is 15.2 Å². The third-order valence-corrected chi connectivity index (χ3v) is 5.26. The zero-order valence-electron chi connectivity index (χ0n) is 14.8. The molecule has 1 unspecified atom stereocenters. The summed E-state index contributed by atoms with van der Waals surface area (Å²) in [6.07, 6.45) is 5.89. The smallest absolute Gasteiger partial charge is 0.193 e. The van der Waals surface area contributed by atoms with Crippen LogP contribution in [0.1, 0.15) is 32.1 Å². The summed E-state index contributed by atoms with van der Waals surface area (Å²) in [6, 6.07) is 0. The molecular weight excluding hydrogens is 421 g/mol. The lowest BCUT2D eigenvalue weighted by Crippen LogP contribution is -2.42. The SMILES string of the molecule is CN=C(NCCCOC1CCOCC1)N1CCC2(CCOC2)C1.I. The fourth-order valence-corrected chi connectivity index (χ4v) is 3.78. The molecule has 24 heavy (non-hydrogen) atoms. The van der Waals surface area contributed by atoms with E-state index < -0.39 is 0 Å². The highest BCUT2D eigenvalue weighted by Gasteiger charge is 2.42. The van der Waals surface area contributed by atoms with Crippen molar-refractivity contribution in [3.63, 3.8) is 0 Å². The zero-order chi connectivity index (χ0) is 16.0. The van der Waals surface area contributed by atoms with Crippen molar-refractivity contribution in [2.75, 3.05) is 59.7 Å². The Morgan fingerprint density at radius 1 is 1.25 bits per heavy atom. The van der Waals surface area contributed by atoms with Gasteiger partial charge in [-0.15, -0.1) is 24.0 Å². The molecule has 1 spiro atoms. The van der Waals surface area contributed by atoms with Crippen LogP contribution < -0.4 is 5.32 Å². The van der Waals surface area contributed by atoms with Crippen LogP contribution in [0, 0.1) is 5.41 Å². The van der Waals surface area contributed by atoms with Crippen molar-refractivity contribution in [3.05, 3.63) is 0 Å². The summed E-state index contributed by atoms with van der Waals surface area (Å²) in [6.45, 7) is 7.41. The Kier molecular flexibility index (Phi) is 8.53. The monoisotopic (exact) mass is 453 g/mol. The van der Waals surface area contributed by atoms with Gasteiger partial charge in [0.25, 0.3) is 0 Å². The molecule has 3 fully saturated rings. The Morgan fingerprint density at radius 2 is 2.08 bits per heavy atom.